The summed E-state index contributed by atoms with van der Waals surface area (Å²) in [5.41, 5.74) is 5.79. The number of ether oxygens (including phenoxy) is 1. The smallest absolute Gasteiger partial charge is 0.410 e. The van der Waals surface area contributed by atoms with Gasteiger partial charge in [0, 0.05) is 35.6 Å². The maximum Gasteiger partial charge on any atom is 0.410 e. The van der Waals surface area contributed by atoms with Crippen LogP contribution in [0.2, 0.25) is 0 Å². The van der Waals surface area contributed by atoms with Crippen LogP contribution in [0.5, 0.6) is 0 Å². The minimum absolute atomic E-state index is 0.181. The molecule has 2 aromatic rings. The lowest BCUT2D eigenvalue weighted by atomic mass is 10.1. The molecule has 162 valence electrons. The molecule has 3 N–H and O–H groups in total. The van der Waals surface area contributed by atoms with E-state index in [4.69, 9.17) is 10.5 Å². The third-order valence-electron chi connectivity index (χ3n) is 4.57. The number of likely N-dealkylation sites (tertiary alicyclic amines) is 1. The number of nitrogens with one attached hydrogen (secondary N) is 1. The number of carbonyl (C=O) groups is 2. The predicted octanol–water partition coefficient (Wildman–Crippen LogP) is 4.40. The summed E-state index contributed by atoms with van der Waals surface area (Å²) in [6.07, 6.45) is 1.04. The van der Waals surface area contributed by atoms with Crippen LogP contribution in [0, 0.1) is 11.6 Å². The standard InChI is InChI=1S/C21H25F2N3O3S/c1-21(2,3)29-20(28)26-8-4-5-13(11-26)25-19(27)18-16(24)10-17(30-18)14-7-6-12(22)9-15(14)23/h6-7,9-10,13H,4-5,8,11,24H2,1-3H3,(H,25,27)/t13-/m0/s1. The summed E-state index contributed by atoms with van der Waals surface area (Å²) in [7, 11) is 0. The molecular weight excluding hydrogens is 412 g/mol. The molecule has 1 aromatic heterocycles. The molecule has 30 heavy (non-hydrogen) atoms. The van der Waals surface area contributed by atoms with E-state index in [1.807, 2.05) is 0 Å². The van der Waals surface area contributed by atoms with Crippen molar-refractivity contribution in [3.05, 3.63) is 40.8 Å². The van der Waals surface area contributed by atoms with Gasteiger partial charge in [-0.3, -0.25) is 4.79 Å². The van der Waals surface area contributed by atoms with Gasteiger partial charge in [0.25, 0.3) is 5.91 Å². The summed E-state index contributed by atoms with van der Waals surface area (Å²) in [4.78, 5) is 27.3. The Bertz CT molecular complexity index is 955. The number of rotatable bonds is 3. The van der Waals surface area contributed by atoms with Gasteiger partial charge in [0.15, 0.2) is 0 Å². The van der Waals surface area contributed by atoms with Crippen molar-refractivity contribution in [2.24, 2.45) is 0 Å². The van der Waals surface area contributed by atoms with E-state index in [2.05, 4.69) is 5.32 Å². The van der Waals surface area contributed by atoms with Gasteiger partial charge >= 0.3 is 6.09 Å². The van der Waals surface area contributed by atoms with Crippen LogP contribution in [0.25, 0.3) is 10.4 Å². The van der Waals surface area contributed by atoms with E-state index in [0.29, 0.717) is 18.0 Å². The van der Waals surface area contributed by atoms with Crippen LogP contribution in [0.3, 0.4) is 0 Å². The van der Waals surface area contributed by atoms with Crippen LogP contribution in [-0.2, 0) is 4.74 Å². The molecule has 1 aliphatic heterocycles. The second kappa shape index (κ2) is 8.59. The van der Waals surface area contributed by atoms with Crippen molar-refractivity contribution in [1.82, 2.24) is 10.2 Å². The van der Waals surface area contributed by atoms with Crippen molar-refractivity contribution in [3.63, 3.8) is 0 Å². The van der Waals surface area contributed by atoms with Crippen molar-refractivity contribution >= 4 is 29.0 Å². The molecule has 0 saturated carbocycles. The number of nitrogen functional groups attached to an aromatic ring is 1. The lowest BCUT2D eigenvalue weighted by molar-refractivity contribution is 0.0186. The van der Waals surface area contributed by atoms with Gasteiger partial charge in [-0.2, -0.15) is 0 Å². The highest BCUT2D eigenvalue weighted by Gasteiger charge is 2.29. The topological polar surface area (TPSA) is 84.7 Å². The molecule has 1 fully saturated rings. The highest BCUT2D eigenvalue weighted by molar-refractivity contribution is 7.18. The Hall–Kier alpha value is -2.68. The minimum atomic E-state index is -0.719. The van der Waals surface area contributed by atoms with Crippen LogP contribution < -0.4 is 11.1 Å². The molecule has 3 rings (SSSR count). The van der Waals surface area contributed by atoms with Gasteiger partial charge < -0.3 is 20.7 Å². The molecule has 1 aromatic carbocycles. The van der Waals surface area contributed by atoms with Gasteiger partial charge in [0.1, 0.15) is 22.1 Å². The van der Waals surface area contributed by atoms with Gasteiger partial charge in [-0.05, 0) is 51.8 Å². The maximum absolute atomic E-state index is 14.1. The zero-order valence-corrected chi connectivity index (χ0v) is 17.9. The van der Waals surface area contributed by atoms with Crippen LogP contribution in [0.1, 0.15) is 43.3 Å². The highest BCUT2D eigenvalue weighted by Crippen LogP contribution is 2.35. The summed E-state index contributed by atoms with van der Waals surface area (Å²) in [5, 5.41) is 2.90. The molecule has 0 bridgehead atoms. The average molecular weight is 438 g/mol. The fourth-order valence-electron chi connectivity index (χ4n) is 3.24. The summed E-state index contributed by atoms with van der Waals surface area (Å²) >= 11 is 1.04. The quantitative estimate of drug-likeness (QED) is 0.745. The largest absolute Gasteiger partial charge is 0.444 e. The first-order valence-corrected chi connectivity index (χ1v) is 10.5. The highest BCUT2D eigenvalue weighted by atomic mass is 32.1. The van der Waals surface area contributed by atoms with Crippen molar-refractivity contribution in [2.75, 3.05) is 18.8 Å². The van der Waals surface area contributed by atoms with E-state index in [1.54, 1.807) is 25.7 Å². The van der Waals surface area contributed by atoms with Gasteiger partial charge in [-0.25, -0.2) is 13.6 Å². The number of thiophene rings is 1. The van der Waals surface area contributed by atoms with E-state index in [1.165, 1.54) is 12.1 Å². The Morgan fingerprint density at radius 2 is 2.00 bits per heavy atom. The Kier molecular flexibility index (Phi) is 6.30. The minimum Gasteiger partial charge on any atom is -0.444 e. The van der Waals surface area contributed by atoms with Gasteiger partial charge in [0.2, 0.25) is 0 Å². The zero-order valence-electron chi connectivity index (χ0n) is 17.1. The number of benzene rings is 1. The van der Waals surface area contributed by atoms with E-state index < -0.39 is 23.3 Å². The number of anilines is 1. The summed E-state index contributed by atoms with van der Waals surface area (Å²) in [5.74, 6) is -1.78. The number of carbonyl (C=O) groups excluding carboxylic acids is 2. The Morgan fingerprint density at radius 3 is 2.67 bits per heavy atom. The number of nitrogens with two attached hydrogens (primary N) is 1. The molecule has 9 heteroatoms. The first-order chi connectivity index (χ1) is 14.0. The maximum atomic E-state index is 14.1. The molecule has 0 aliphatic carbocycles. The van der Waals surface area contributed by atoms with Gasteiger partial charge in [-0.15, -0.1) is 11.3 Å². The molecular formula is C21H25F2N3O3S. The third kappa shape index (κ3) is 5.27. The van der Waals surface area contributed by atoms with E-state index in [9.17, 15) is 18.4 Å². The number of halogens is 2. The second-order valence-corrected chi connectivity index (χ2v) is 9.31. The fraction of sp³-hybridized carbons (Fsp3) is 0.429. The Balaban J connectivity index is 1.69. The summed E-state index contributed by atoms with van der Waals surface area (Å²) < 4.78 is 32.6. The van der Waals surface area contributed by atoms with Gasteiger partial charge in [0.05, 0.1) is 5.69 Å². The van der Waals surface area contributed by atoms with E-state index in [0.717, 1.165) is 36.3 Å². The number of hydrogen-bond donors (Lipinski definition) is 2. The number of hydrogen-bond acceptors (Lipinski definition) is 5. The second-order valence-electron chi connectivity index (χ2n) is 8.26. The Labute approximate surface area is 178 Å². The molecule has 0 radical (unpaired) electrons. The molecule has 2 heterocycles. The molecule has 6 nitrogen and oxygen atoms in total. The van der Waals surface area contributed by atoms with Crippen LogP contribution in [0.15, 0.2) is 24.3 Å². The van der Waals surface area contributed by atoms with Crippen LogP contribution >= 0.6 is 11.3 Å². The Morgan fingerprint density at radius 1 is 1.27 bits per heavy atom. The SMILES string of the molecule is CC(C)(C)OC(=O)N1CCC[C@H](NC(=O)c2sc(-c3ccc(F)cc3F)cc2N)C1. The van der Waals surface area contributed by atoms with Crippen molar-refractivity contribution in [1.29, 1.82) is 0 Å². The predicted molar refractivity (Wildman–Crippen MR) is 112 cm³/mol. The molecule has 1 atom stereocenters. The van der Waals surface area contributed by atoms with Crippen LogP contribution in [-0.4, -0.2) is 41.6 Å². The van der Waals surface area contributed by atoms with Crippen molar-refractivity contribution in [2.45, 2.75) is 45.3 Å². The van der Waals surface area contributed by atoms with Crippen molar-refractivity contribution < 1.29 is 23.1 Å². The first kappa shape index (κ1) is 22.0. The normalized spacial score (nSPS) is 17.0. The average Bonchev–Trinajstić information content (AvgIpc) is 3.02. The molecule has 0 spiro atoms. The molecule has 0 unspecified atom stereocenters. The third-order valence-corrected chi connectivity index (χ3v) is 5.75. The van der Waals surface area contributed by atoms with Gasteiger partial charge in [-0.1, -0.05) is 0 Å². The fourth-order valence-corrected chi connectivity index (χ4v) is 4.25. The molecule has 1 aliphatic rings. The van der Waals surface area contributed by atoms with Crippen LogP contribution in [0.4, 0.5) is 19.3 Å². The molecule has 2 amide bonds. The summed E-state index contributed by atoms with van der Waals surface area (Å²) in [6.45, 7) is 6.31. The first-order valence-electron chi connectivity index (χ1n) is 9.67. The summed E-state index contributed by atoms with van der Waals surface area (Å²) in [6, 6.07) is 4.52. The zero-order chi connectivity index (χ0) is 22.1. The van der Waals surface area contributed by atoms with E-state index in [-0.39, 0.29) is 28.1 Å². The van der Waals surface area contributed by atoms with Crippen molar-refractivity contribution in [3.8, 4) is 10.4 Å². The number of piperidine rings is 1. The lowest BCUT2D eigenvalue weighted by Gasteiger charge is -2.34. The number of nitrogens with zero attached hydrogens (tertiary/aromatic N) is 1. The lowest BCUT2D eigenvalue weighted by Crippen LogP contribution is -2.50. The van der Waals surface area contributed by atoms with E-state index >= 15 is 0 Å². The molecule has 1 saturated heterocycles. The number of amides is 2. The monoisotopic (exact) mass is 437 g/mol.